The summed E-state index contributed by atoms with van der Waals surface area (Å²) in [5, 5.41) is 2.45. The molecule has 2 aromatic heterocycles. The standard InChI is InChI=1S/C52H38N2/c1-3-9-43(10-4-1)51(47-29-33-53-34-30-47)37-41-19-15-39(16-20-41)23-25-46-27-26-45-13-7-8-14-49(45)50(46)28-24-40-17-21-42(22-18-40)38-52(44-11-5-2-6-12-44)48-31-35-54-36-32-48/h1-38H/b25-23-,28-24-,51-37-,52-38-. The van der Waals surface area contributed by atoms with Crippen molar-refractivity contribution in [2.45, 2.75) is 0 Å². The van der Waals surface area contributed by atoms with E-state index in [0.717, 1.165) is 33.4 Å². The van der Waals surface area contributed by atoms with Crippen molar-refractivity contribution in [3.05, 3.63) is 250 Å². The summed E-state index contributed by atoms with van der Waals surface area (Å²) in [4.78, 5) is 8.45. The van der Waals surface area contributed by atoms with Crippen LogP contribution in [0.3, 0.4) is 0 Å². The van der Waals surface area contributed by atoms with Gasteiger partial charge in [0.05, 0.1) is 0 Å². The molecule has 0 fully saturated rings. The van der Waals surface area contributed by atoms with E-state index in [1.54, 1.807) is 0 Å². The molecule has 0 unspecified atom stereocenters. The molecule has 8 aromatic rings. The molecule has 8 rings (SSSR count). The third kappa shape index (κ3) is 8.15. The number of hydrogen-bond donors (Lipinski definition) is 0. The molecule has 0 spiro atoms. The van der Waals surface area contributed by atoms with Gasteiger partial charge in [0.2, 0.25) is 0 Å². The van der Waals surface area contributed by atoms with Gasteiger partial charge in [-0.25, -0.2) is 0 Å². The summed E-state index contributed by atoms with van der Waals surface area (Å²) in [6, 6.07) is 59.8. The second-order valence-corrected chi connectivity index (χ2v) is 13.1. The van der Waals surface area contributed by atoms with Crippen LogP contribution in [0.15, 0.2) is 195 Å². The van der Waals surface area contributed by atoms with Crippen LogP contribution < -0.4 is 0 Å². The first-order valence-electron chi connectivity index (χ1n) is 18.2. The molecule has 0 atom stereocenters. The van der Waals surface area contributed by atoms with Crippen LogP contribution in [0, 0.1) is 0 Å². The summed E-state index contributed by atoms with van der Waals surface area (Å²) < 4.78 is 0. The summed E-state index contributed by atoms with van der Waals surface area (Å²) in [6.45, 7) is 0. The van der Waals surface area contributed by atoms with E-state index < -0.39 is 0 Å². The Labute approximate surface area is 317 Å². The number of nitrogens with zero attached hydrogens (tertiary/aromatic N) is 2. The van der Waals surface area contributed by atoms with Crippen LogP contribution in [0.2, 0.25) is 0 Å². The molecule has 2 heteroatoms. The van der Waals surface area contributed by atoms with Gasteiger partial charge in [-0.15, -0.1) is 0 Å². The fourth-order valence-corrected chi connectivity index (χ4v) is 6.71. The van der Waals surface area contributed by atoms with Crippen molar-refractivity contribution >= 4 is 58.4 Å². The molecule has 0 aliphatic rings. The first-order chi connectivity index (χ1) is 26.8. The maximum Gasteiger partial charge on any atom is 0.0273 e. The Hall–Kier alpha value is -7.16. The summed E-state index contributed by atoms with van der Waals surface area (Å²) in [5.41, 5.74) is 13.9. The number of fused-ring (bicyclic) bond motifs is 1. The van der Waals surface area contributed by atoms with Gasteiger partial charge in [0.15, 0.2) is 0 Å². The Morgan fingerprint density at radius 2 is 0.759 bits per heavy atom. The van der Waals surface area contributed by atoms with Gasteiger partial charge in [-0.2, -0.15) is 0 Å². The molecule has 0 amide bonds. The molecule has 0 N–H and O–H groups in total. The minimum atomic E-state index is 1.14. The van der Waals surface area contributed by atoms with E-state index in [1.807, 2.05) is 24.8 Å². The maximum absolute atomic E-state index is 4.22. The number of aromatic nitrogens is 2. The van der Waals surface area contributed by atoms with Gasteiger partial charge < -0.3 is 0 Å². The third-order valence-electron chi connectivity index (χ3n) is 9.55. The molecular weight excluding hydrogens is 653 g/mol. The average molecular weight is 691 g/mol. The van der Waals surface area contributed by atoms with Crippen LogP contribution in [0.5, 0.6) is 0 Å². The number of hydrogen-bond acceptors (Lipinski definition) is 2. The van der Waals surface area contributed by atoms with Crippen molar-refractivity contribution in [1.29, 1.82) is 0 Å². The van der Waals surface area contributed by atoms with Gasteiger partial charge >= 0.3 is 0 Å². The zero-order valence-electron chi connectivity index (χ0n) is 29.8. The lowest BCUT2D eigenvalue weighted by Crippen LogP contribution is -1.89. The van der Waals surface area contributed by atoms with Gasteiger partial charge in [0.25, 0.3) is 0 Å². The molecule has 0 saturated heterocycles. The Bertz CT molecular complexity index is 2500. The smallest absolute Gasteiger partial charge is 0.0273 e. The summed E-state index contributed by atoms with van der Waals surface area (Å²) in [6.07, 6.45) is 20.8. The summed E-state index contributed by atoms with van der Waals surface area (Å²) >= 11 is 0. The van der Waals surface area contributed by atoms with E-state index in [4.69, 9.17) is 0 Å². The molecule has 0 aliphatic carbocycles. The van der Waals surface area contributed by atoms with E-state index >= 15 is 0 Å². The highest BCUT2D eigenvalue weighted by Crippen LogP contribution is 2.29. The fourth-order valence-electron chi connectivity index (χ4n) is 6.71. The van der Waals surface area contributed by atoms with Crippen LogP contribution in [0.1, 0.15) is 55.6 Å². The lowest BCUT2D eigenvalue weighted by Gasteiger charge is -2.09. The molecule has 54 heavy (non-hydrogen) atoms. The maximum atomic E-state index is 4.22. The highest BCUT2D eigenvalue weighted by Gasteiger charge is 2.08. The third-order valence-corrected chi connectivity index (χ3v) is 9.55. The van der Waals surface area contributed by atoms with E-state index in [2.05, 4.69) is 216 Å². The molecule has 256 valence electrons. The van der Waals surface area contributed by atoms with Gasteiger partial charge in [-0.1, -0.05) is 170 Å². The van der Waals surface area contributed by atoms with Gasteiger partial charge in [-0.05, 0) is 114 Å². The average Bonchev–Trinajstić information content (AvgIpc) is 3.25. The lowest BCUT2D eigenvalue weighted by atomic mass is 9.95. The van der Waals surface area contributed by atoms with E-state index in [1.165, 1.54) is 44.2 Å². The molecule has 6 aromatic carbocycles. The molecular formula is C52H38N2. The van der Waals surface area contributed by atoms with E-state index in [9.17, 15) is 0 Å². The largest absolute Gasteiger partial charge is 0.265 e. The Balaban J connectivity index is 1.06. The van der Waals surface area contributed by atoms with Gasteiger partial charge in [-0.3, -0.25) is 9.97 Å². The summed E-state index contributed by atoms with van der Waals surface area (Å²) in [7, 11) is 0. The van der Waals surface area contributed by atoms with Crippen LogP contribution in [-0.4, -0.2) is 9.97 Å². The van der Waals surface area contributed by atoms with Crippen molar-refractivity contribution in [3.63, 3.8) is 0 Å². The first-order valence-corrected chi connectivity index (χ1v) is 18.2. The second-order valence-electron chi connectivity index (χ2n) is 13.1. The number of rotatable bonds is 10. The minimum absolute atomic E-state index is 1.14. The van der Waals surface area contributed by atoms with Crippen molar-refractivity contribution in [3.8, 4) is 0 Å². The predicted molar refractivity (Wildman–Crippen MR) is 230 cm³/mol. The summed E-state index contributed by atoms with van der Waals surface area (Å²) in [5.74, 6) is 0. The highest BCUT2D eigenvalue weighted by molar-refractivity contribution is 5.98. The van der Waals surface area contributed by atoms with Gasteiger partial charge in [0, 0.05) is 24.8 Å². The van der Waals surface area contributed by atoms with E-state index in [-0.39, 0.29) is 0 Å². The molecule has 0 aliphatic heterocycles. The van der Waals surface area contributed by atoms with Gasteiger partial charge in [0.1, 0.15) is 0 Å². The SMILES string of the molecule is C(=C/c1ccc2ccccc2c1/C=C\c1ccc(/C=C(/c2ccccc2)c2ccncc2)cc1)/c1ccc(/C=C(/c2ccccc2)c2ccncc2)cc1. The van der Waals surface area contributed by atoms with Crippen LogP contribution in [0.4, 0.5) is 0 Å². The van der Waals surface area contributed by atoms with Crippen molar-refractivity contribution in [2.24, 2.45) is 0 Å². The Morgan fingerprint density at radius 1 is 0.333 bits per heavy atom. The molecule has 0 radical (unpaired) electrons. The fraction of sp³-hybridized carbons (Fsp3) is 0. The number of pyridine rings is 2. The van der Waals surface area contributed by atoms with Crippen molar-refractivity contribution in [2.75, 3.05) is 0 Å². The van der Waals surface area contributed by atoms with E-state index in [0.29, 0.717) is 0 Å². The van der Waals surface area contributed by atoms with Crippen LogP contribution in [-0.2, 0) is 0 Å². The molecule has 0 saturated carbocycles. The highest BCUT2D eigenvalue weighted by atomic mass is 14.6. The quantitative estimate of drug-likeness (QED) is 0.134. The molecule has 2 nitrogen and oxygen atoms in total. The lowest BCUT2D eigenvalue weighted by molar-refractivity contribution is 1.32. The topological polar surface area (TPSA) is 25.8 Å². The van der Waals surface area contributed by atoms with Crippen molar-refractivity contribution in [1.82, 2.24) is 9.97 Å². The zero-order chi connectivity index (χ0) is 36.4. The van der Waals surface area contributed by atoms with Crippen molar-refractivity contribution < 1.29 is 0 Å². The van der Waals surface area contributed by atoms with Crippen LogP contribution >= 0.6 is 0 Å². The van der Waals surface area contributed by atoms with Crippen LogP contribution in [0.25, 0.3) is 58.4 Å². The monoisotopic (exact) mass is 690 g/mol. The zero-order valence-corrected chi connectivity index (χ0v) is 29.8. The molecule has 2 heterocycles. The second kappa shape index (κ2) is 16.5. The minimum Gasteiger partial charge on any atom is -0.265 e. The Morgan fingerprint density at radius 3 is 1.28 bits per heavy atom. The number of benzene rings is 6. The predicted octanol–water partition coefficient (Wildman–Crippen LogP) is 13.1. The Kier molecular flexibility index (Phi) is 10.3. The molecule has 0 bridgehead atoms. The first kappa shape index (κ1) is 34.0. The normalized spacial score (nSPS) is 12.1.